The Labute approximate surface area is 219 Å². The lowest BCUT2D eigenvalue weighted by Crippen LogP contribution is -2.56. The van der Waals surface area contributed by atoms with Crippen molar-refractivity contribution in [2.24, 2.45) is 0 Å². The molecule has 0 saturated heterocycles. The Hall–Kier alpha value is -0.0262. The molecule has 0 aliphatic rings. The van der Waals surface area contributed by atoms with E-state index >= 15 is 0 Å². The number of benzene rings is 1. The molecule has 0 aromatic heterocycles. The Morgan fingerprint density at radius 2 is 1.35 bits per heavy atom. The highest BCUT2D eigenvalue weighted by Crippen LogP contribution is 2.39. The number of hydrogen-bond donors (Lipinski definition) is 1. The second kappa shape index (κ2) is 11.6. The van der Waals surface area contributed by atoms with Crippen molar-refractivity contribution in [1.82, 2.24) is 4.72 Å². The lowest BCUT2D eigenvalue weighted by molar-refractivity contribution is 0.0823. The molecular weight excluding hydrogens is 498 g/mol. The van der Waals surface area contributed by atoms with Gasteiger partial charge >= 0.3 is 0 Å². The van der Waals surface area contributed by atoms with Crippen molar-refractivity contribution in [2.45, 2.75) is 122 Å². The van der Waals surface area contributed by atoms with Gasteiger partial charge < -0.3 is 8.85 Å². The topological polar surface area (TPSA) is 47.6 Å². The van der Waals surface area contributed by atoms with Crippen molar-refractivity contribution in [3.05, 3.63) is 34.9 Å². The first-order chi connectivity index (χ1) is 15.1. The van der Waals surface area contributed by atoms with Gasteiger partial charge in [0.1, 0.15) is 0 Å². The second-order valence-electron chi connectivity index (χ2n) is 13.4. The van der Waals surface area contributed by atoms with E-state index in [0.717, 1.165) is 5.56 Å². The van der Waals surface area contributed by atoms with Crippen LogP contribution in [-0.2, 0) is 26.3 Å². The summed E-state index contributed by atoms with van der Waals surface area (Å²) < 4.78 is 30.0. The first kappa shape index (κ1) is 32.0. The zero-order valence-electron chi connectivity index (χ0n) is 23.9. The molecule has 0 heterocycles. The van der Waals surface area contributed by atoms with E-state index in [-0.39, 0.29) is 27.0 Å². The van der Waals surface area contributed by atoms with Crippen LogP contribution in [0, 0.1) is 0 Å². The molecule has 0 spiro atoms. The van der Waals surface area contributed by atoms with Gasteiger partial charge in [-0.3, -0.25) is 0 Å². The van der Waals surface area contributed by atoms with Gasteiger partial charge in [0.25, 0.3) is 0 Å². The minimum absolute atomic E-state index is 0.0518. The minimum atomic E-state index is -2.12. The van der Waals surface area contributed by atoms with Crippen LogP contribution in [0.15, 0.2) is 24.3 Å². The summed E-state index contributed by atoms with van der Waals surface area (Å²) in [7, 11) is -5.36. The zero-order valence-corrected chi connectivity index (χ0v) is 27.5. The third-order valence-corrected chi connectivity index (χ3v) is 18.2. The third-order valence-electron chi connectivity index (χ3n) is 7.30. The van der Waals surface area contributed by atoms with Gasteiger partial charge in [-0.25, -0.2) is 8.93 Å². The molecule has 198 valence electrons. The Bertz CT molecular complexity index is 809. The maximum absolute atomic E-state index is 13.2. The Morgan fingerprint density at radius 1 is 0.882 bits per heavy atom. The van der Waals surface area contributed by atoms with E-state index < -0.39 is 27.6 Å². The van der Waals surface area contributed by atoms with Crippen LogP contribution < -0.4 is 4.72 Å². The average Bonchev–Trinajstić information content (AvgIpc) is 2.63. The average molecular weight is 548 g/mol. The molecule has 8 heteroatoms. The van der Waals surface area contributed by atoms with Crippen molar-refractivity contribution in [1.29, 1.82) is 0 Å². The summed E-state index contributed by atoms with van der Waals surface area (Å²) in [6.07, 6.45) is 0.455. The van der Waals surface area contributed by atoms with Gasteiger partial charge in [0, 0.05) is 5.02 Å². The Morgan fingerprint density at radius 3 is 1.76 bits per heavy atom. The summed E-state index contributed by atoms with van der Waals surface area (Å²) >= 11 is 6.14. The number of halogens is 1. The van der Waals surface area contributed by atoms with E-state index in [9.17, 15) is 4.21 Å². The smallest absolute Gasteiger partial charge is 0.192 e. The number of nitrogens with one attached hydrogen (secondary N) is 1. The summed E-state index contributed by atoms with van der Waals surface area (Å²) in [6, 6.07) is 7.72. The van der Waals surface area contributed by atoms with E-state index in [4.69, 9.17) is 20.5 Å². The van der Waals surface area contributed by atoms with E-state index in [1.807, 2.05) is 45.0 Å². The Kier molecular flexibility index (Phi) is 10.9. The molecule has 1 aromatic rings. The Balaban J connectivity index is 3.41. The van der Waals surface area contributed by atoms with Gasteiger partial charge in [-0.05, 0) is 81.2 Å². The highest BCUT2D eigenvalue weighted by atomic mass is 35.5. The van der Waals surface area contributed by atoms with E-state index in [1.165, 1.54) is 0 Å². The van der Waals surface area contributed by atoms with Crippen LogP contribution in [0.25, 0.3) is 0 Å². The maximum atomic E-state index is 13.2. The molecule has 0 amide bonds. The van der Waals surface area contributed by atoms with Gasteiger partial charge in [-0.1, -0.05) is 65.3 Å². The highest BCUT2D eigenvalue weighted by Gasteiger charge is 2.43. The molecule has 0 saturated carbocycles. The van der Waals surface area contributed by atoms with Crippen LogP contribution in [-0.4, -0.2) is 44.3 Å². The normalized spacial score (nSPS) is 16.9. The predicted molar refractivity (Wildman–Crippen MR) is 155 cm³/mol. The van der Waals surface area contributed by atoms with Gasteiger partial charge in [-0.15, -0.1) is 0 Å². The lowest BCUT2D eigenvalue weighted by Gasteiger charge is -2.44. The van der Waals surface area contributed by atoms with E-state index in [0.29, 0.717) is 18.1 Å². The van der Waals surface area contributed by atoms with Crippen LogP contribution in [0.3, 0.4) is 0 Å². The van der Waals surface area contributed by atoms with Crippen LogP contribution >= 0.6 is 11.6 Å². The van der Waals surface area contributed by atoms with E-state index in [1.54, 1.807) is 0 Å². The molecule has 0 radical (unpaired) electrons. The van der Waals surface area contributed by atoms with Gasteiger partial charge in [0.2, 0.25) is 0 Å². The lowest BCUT2D eigenvalue weighted by atomic mass is 10.0. The zero-order chi connectivity index (χ0) is 26.8. The third kappa shape index (κ3) is 9.45. The molecule has 1 N–H and O–H groups in total. The van der Waals surface area contributed by atoms with Crippen LogP contribution in [0.1, 0.15) is 67.9 Å². The molecule has 0 aliphatic carbocycles. The highest BCUT2D eigenvalue weighted by molar-refractivity contribution is 7.84. The number of hydrogen-bond acceptors (Lipinski definition) is 3. The van der Waals surface area contributed by atoms with Gasteiger partial charge in [0.15, 0.2) is 16.6 Å². The standard InChI is InChI=1S/C26H50ClNO3SSi2/c1-24(2,3)32(29)28-22(18-20-14-16-21(27)17-15-20)23(31-34(12,13)26(7,8)9)19-30-33(10,11)25(4,5)6/h14-17,22-23,28H,18-19H2,1-13H3/t22-,23+,32-/m0/s1. The van der Waals surface area contributed by atoms with Gasteiger partial charge in [0.05, 0.1) is 34.5 Å². The summed E-state index contributed by atoms with van der Waals surface area (Å²) in [4.78, 5) is 0. The van der Waals surface area contributed by atoms with Crippen LogP contribution in [0.4, 0.5) is 0 Å². The molecule has 34 heavy (non-hydrogen) atoms. The van der Waals surface area contributed by atoms with Crippen molar-refractivity contribution in [3.63, 3.8) is 0 Å². The molecule has 0 fully saturated rings. The molecule has 0 bridgehead atoms. The summed E-state index contributed by atoms with van der Waals surface area (Å²) in [5.41, 5.74) is 1.13. The summed E-state index contributed by atoms with van der Waals surface area (Å²) in [6.45, 7) is 29.0. The van der Waals surface area contributed by atoms with Crippen molar-refractivity contribution < 1.29 is 13.1 Å². The fourth-order valence-corrected chi connectivity index (χ4v) is 6.08. The van der Waals surface area contributed by atoms with E-state index in [2.05, 4.69) is 72.5 Å². The minimum Gasteiger partial charge on any atom is -0.414 e. The number of rotatable bonds is 10. The maximum Gasteiger partial charge on any atom is 0.192 e. The fourth-order valence-electron chi connectivity index (χ4n) is 2.73. The largest absolute Gasteiger partial charge is 0.414 e. The monoisotopic (exact) mass is 547 g/mol. The molecule has 1 rings (SSSR count). The molecular formula is C26H50ClNO3SSi2. The summed E-state index contributed by atoms with van der Waals surface area (Å²) in [5, 5.41) is 0.861. The van der Waals surface area contributed by atoms with Crippen LogP contribution in [0.5, 0.6) is 0 Å². The molecule has 0 unspecified atom stereocenters. The van der Waals surface area contributed by atoms with Crippen molar-refractivity contribution in [2.75, 3.05) is 6.61 Å². The first-order valence-electron chi connectivity index (χ1n) is 12.3. The first-order valence-corrected chi connectivity index (χ1v) is 19.7. The fraction of sp³-hybridized carbons (Fsp3) is 0.769. The summed E-state index contributed by atoms with van der Waals surface area (Å²) in [5.74, 6) is 0. The predicted octanol–water partition coefficient (Wildman–Crippen LogP) is 7.72. The second-order valence-corrected chi connectivity index (χ2v) is 25.4. The SMILES string of the molecule is CC(C)(C)[S@](=O)N[C@@H](Cc1ccc(Cl)cc1)[C@@H](CO[Si](C)(C)C(C)(C)C)O[Si](C)(C)C(C)(C)C. The molecule has 1 aromatic carbocycles. The van der Waals surface area contributed by atoms with Crippen LogP contribution in [0.2, 0.25) is 41.3 Å². The molecule has 4 nitrogen and oxygen atoms in total. The van der Waals surface area contributed by atoms with Gasteiger partial charge in [-0.2, -0.15) is 0 Å². The van der Waals surface area contributed by atoms with Crippen molar-refractivity contribution in [3.8, 4) is 0 Å². The quantitative estimate of drug-likeness (QED) is 0.305. The molecule has 0 aliphatic heterocycles. The van der Waals surface area contributed by atoms with Crippen molar-refractivity contribution >= 4 is 39.2 Å². The molecule has 3 atom stereocenters.